The highest BCUT2D eigenvalue weighted by Crippen LogP contribution is 2.41. The Morgan fingerprint density at radius 2 is 2.03 bits per heavy atom. The average Bonchev–Trinajstić information content (AvgIpc) is 3.20. The predicted molar refractivity (Wildman–Crippen MR) is 122 cm³/mol. The van der Waals surface area contributed by atoms with Gasteiger partial charge in [-0.2, -0.15) is 4.98 Å². The molecule has 2 heterocycles. The molecule has 2 aliphatic rings. The van der Waals surface area contributed by atoms with Crippen LogP contribution in [0, 0.1) is 15.9 Å². The third kappa shape index (κ3) is 4.11. The number of halogens is 2. The van der Waals surface area contributed by atoms with Gasteiger partial charge in [0.1, 0.15) is 11.9 Å². The molecule has 5 rings (SSSR count). The first-order valence-electron chi connectivity index (χ1n) is 10.2. The van der Waals surface area contributed by atoms with Gasteiger partial charge in [-0.1, -0.05) is 29.4 Å². The minimum Gasteiger partial charge on any atom is -0.328 e. The number of non-ortho nitro benzene ring substituents is 1. The van der Waals surface area contributed by atoms with Gasteiger partial charge in [-0.25, -0.2) is 9.07 Å². The Balaban J connectivity index is 1.50. The summed E-state index contributed by atoms with van der Waals surface area (Å²) in [4.78, 5) is 28.1. The lowest BCUT2D eigenvalue weighted by atomic mass is 9.85. The molecule has 33 heavy (non-hydrogen) atoms. The highest BCUT2D eigenvalue weighted by Gasteiger charge is 2.37. The molecule has 0 saturated heterocycles. The van der Waals surface area contributed by atoms with Crippen molar-refractivity contribution in [2.75, 3.05) is 5.32 Å². The Bertz CT molecular complexity index is 1310. The number of anilines is 1. The number of rotatable bonds is 5. The maximum absolute atomic E-state index is 13.3. The van der Waals surface area contributed by atoms with Crippen molar-refractivity contribution >= 4 is 40.8 Å². The second-order valence-corrected chi connectivity index (χ2v) is 9.08. The maximum Gasteiger partial charge on any atom is 0.269 e. The number of aromatic nitrogens is 3. The summed E-state index contributed by atoms with van der Waals surface area (Å²) in [6.07, 6.45) is 1.90. The van der Waals surface area contributed by atoms with E-state index in [9.17, 15) is 19.3 Å². The van der Waals surface area contributed by atoms with Crippen LogP contribution in [0.25, 0.3) is 0 Å². The number of nitro benzene ring substituents is 1. The van der Waals surface area contributed by atoms with Gasteiger partial charge >= 0.3 is 0 Å². The molecular formula is C22H17ClFN5O3S. The number of benzene rings is 2. The Hall–Kier alpha value is -3.24. The summed E-state index contributed by atoms with van der Waals surface area (Å²) in [6, 6.07) is 9.86. The van der Waals surface area contributed by atoms with Gasteiger partial charge in [-0.05, 0) is 48.2 Å². The predicted octanol–water partition coefficient (Wildman–Crippen LogP) is 5.29. The number of hydrogen-bond acceptors (Lipinski definition) is 7. The second-order valence-electron chi connectivity index (χ2n) is 7.73. The number of fused-ring (bicyclic) bond motifs is 1. The fraction of sp³-hybridized carbons (Fsp3) is 0.227. The smallest absolute Gasteiger partial charge is 0.269 e. The summed E-state index contributed by atoms with van der Waals surface area (Å²) in [6.45, 7) is 0. The molecular weight excluding hydrogens is 469 g/mol. The van der Waals surface area contributed by atoms with Crippen LogP contribution in [0.3, 0.4) is 0 Å². The minimum atomic E-state index is -0.527. The standard InChI is InChI=1S/C22H17ClFN5O3S/c23-16-10-14(24)7-4-13(16)11-33-22-26-21-25-17-2-1-3-18(30)19(17)20(28(21)27-22)12-5-8-15(9-6-12)29(31)32/h4-10,20H,1-3,11H2,(H,25,26,27)/t20-/m1/s1. The van der Waals surface area contributed by atoms with Gasteiger partial charge < -0.3 is 5.32 Å². The van der Waals surface area contributed by atoms with Crippen molar-refractivity contribution < 1.29 is 14.1 Å². The molecule has 1 aliphatic carbocycles. The Labute approximate surface area is 197 Å². The van der Waals surface area contributed by atoms with Crippen LogP contribution in [0.5, 0.6) is 0 Å². The number of allylic oxidation sites excluding steroid dienone is 2. The van der Waals surface area contributed by atoms with Crippen molar-refractivity contribution in [2.24, 2.45) is 0 Å². The van der Waals surface area contributed by atoms with Gasteiger partial charge in [-0.15, -0.1) is 5.10 Å². The van der Waals surface area contributed by atoms with E-state index in [0.717, 1.165) is 17.7 Å². The van der Waals surface area contributed by atoms with Crippen LogP contribution >= 0.6 is 23.4 Å². The van der Waals surface area contributed by atoms with E-state index in [4.69, 9.17) is 11.6 Å². The number of carbonyl (C=O) groups excluding carboxylic acids is 1. The zero-order chi connectivity index (χ0) is 23.1. The van der Waals surface area contributed by atoms with E-state index in [1.807, 2.05) is 0 Å². The zero-order valence-electron chi connectivity index (χ0n) is 17.1. The van der Waals surface area contributed by atoms with Gasteiger partial charge in [0.05, 0.1) is 4.92 Å². The molecule has 0 radical (unpaired) electrons. The second kappa shape index (κ2) is 8.60. The van der Waals surface area contributed by atoms with E-state index in [-0.39, 0.29) is 11.5 Å². The lowest BCUT2D eigenvalue weighted by molar-refractivity contribution is -0.384. The van der Waals surface area contributed by atoms with Crippen LogP contribution in [-0.4, -0.2) is 25.5 Å². The molecule has 0 spiro atoms. The van der Waals surface area contributed by atoms with Crippen molar-refractivity contribution in [1.82, 2.24) is 14.8 Å². The van der Waals surface area contributed by atoms with Crippen molar-refractivity contribution in [3.05, 3.63) is 85.8 Å². The average molecular weight is 486 g/mol. The Morgan fingerprint density at radius 1 is 1.24 bits per heavy atom. The van der Waals surface area contributed by atoms with Crippen molar-refractivity contribution in [3.63, 3.8) is 0 Å². The molecule has 1 atom stereocenters. The molecule has 0 bridgehead atoms. The number of nitro groups is 1. The van der Waals surface area contributed by atoms with Crippen LogP contribution in [0.15, 0.2) is 58.9 Å². The third-order valence-electron chi connectivity index (χ3n) is 5.64. The largest absolute Gasteiger partial charge is 0.328 e. The van der Waals surface area contributed by atoms with E-state index >= 15 is 0 Å². The maximum atomic E-state index is 13.3. The molecule has 1 aliphatic heterocycles. The van der Waals surface area contributed by atoms with E-state index in [0.29, 0.717) is 45.9 Å². The summed E-state index contributed by atoms with van der Waals surface area (Å²) in [5, 5.41) is 19.7. The lowest BCUT2D eigenvalue weighted by Crippen LogP contribution is -2.31. The highest BCUT2D eigenvalue weighted by atomic mass is 35.5. The van der Waals surface area contributed by atoms with E-state index < -0.39 is 16.8 Å². The van der Waals surface area contributed by atoms with E-state index in [1.165, 1.54) is 36.0 Å². The summed E-state index contributed by atoms with van der Waals surface area (Å²) >= 11 is 7.47. The zero-order valence-corrected chi connectivity index (χ0v) is 18.7. The van der Waals surface area contributed by atoms with Crippen LogP contribution < -0.4 is 5.32 Å². The molecule has 1 aromatic heterocycles. The molecule has 8 nitrogen and oxygen atoms in total. The van der Waals surface area contributed by atoms with Gasteiger partial charge in [-0.3, -0.25) is 14.9 Å². The van der Waals surface area contributed by atoms with Crippen LogP contribution in [0.2, 0.25) is 5.02 Å². The van der Waals surface area contributed by atoms with Crippen molar-refractivity contribution in [2.45, 2.75) is 36.2 Å². The molecule has 1 N–H and O–H groups in total. The minimum absolute atomic E-state index is 0.0249. The van der Waals surface area contributed by atoms with E-state index in [2.05, 4.69) is 15.4 Å². The molecule has 3 aromatic rings. The molecule has 11 heteroatoms. The number of ketones is 1. The van der Waals surface area contributed by atoms with Crippen LogP contribution in [-0.2, 0) is 10.5 Å². The number of Topliss-reactive ketones (excluding diaryl/α,β-unsaturated/α-hetero) is 1. The fourth-order valence-electron chi connectivity index (χ4n) is 4.07. The first kappa shape index (κ1) is 21.6. The third-order valence-corrected chi connectivity index (χ3v) is 6.88. The normalized spacial score (nSPS) is 17.4. The van der Waals surface area contributed by atoms with Crippen LogP contribution in [0.4, 0.5) is 16.0 Å². The van der Waals surface area contributed by atoms with Crippen molar-refractivity contribution in [1.29, 1.82) is 0 Å². The molecule has 0 unspecified atom stereocenters. The quantitative estimate of drug-likeness (QED) is 0.297. The molecule has 168 valence electrons. The summed E-state index contributed by atoms with van der Waals surface area (Å²) in [7, 11) is 0. The Kier molecular flexibility index (Phi) is 5.63. The highest BCUT2D eigenvalue weighted by molar-refractivity contribution is 7.98. The first-order valence-corrected chi connectivity index (χ1v) is 11.6. The number of nitrogens with zero attached hydrogens (tertiary/aromatic N) is 4. The molecule has 2 aromatic carbocycles. The van der Waals surface area contributed by atoms with Gasteiger partial charge in [0.25, 0.3) is 5.69 Å². The van der Waals surface area contributed by atoms with Crippen molar-refractivity contribution in [3.8, 4) is 0 Å². The van der Waals surface area contributed by atoms with Gasteiger partial charge in [0.15, 0.2) is 5.78 Å². The fourth-order valence-corrected chi connectivity index (χ4v) is 5.21. The lowest BCUT2D eigenvalue weighted by Gasteiger charge is -2.32. The molecule has 0 amide bonds. The number of nitrogens with one attached hydrogen (secondary N) is 1. The Morgan fingerprint density at radius 3 is 2.76 bits per heavy atom. The monoisotopic (exact) mass is 485 g/mol. The van der Waals surface area contributed by atoms with Gasteiger partial charge in [0.2, 0.25) is 11.1 Å². The SMILES string of the molecule is O=C1CCCC2=C1[C@@H](c1ccc([N+](=O)[O-])cc1)n1nc(SCc3ccc(F)cc3Cl)nc1N2. The summed E-state index contributed by atoms with van der Waals surface area (Å²) in [5.41, 5.74) is 2.87. The van der Waals surface area contributed by atoms with E-state index in [1.54, 1.807) is 22.9 Å². The number of thioether (sulfide) groups is 1. The number of hydrogen-bond donors (Lipinski definition) is 1. The number of carbonyl (C=O) groups is 1. The van der Waals surface area contributed by atoms with Crippen LogP contribution in [0.1, 0.15) is 36.4 Å². The topological polar surface area (TPSA) is 103 Å². The van der Waals surface area contributed by atoms with Gasteiger partial charge in [0, 0.05) is 40.6 Å². The molecule has 0 saturated carbocycles. The summed E-state index contributed by atoms with van der Waals surface area (Å²) < 4.78 is 15.0. The molecule has 0 fully saturated rings. The first-order chi connectivity index (χ1) is 15.9. The summed E-state index contributed by atoms with van der Waals surface area (Å²) in [5.74, 6) is 0.567.